The van der Waals surface area contributed by atoms with E-state index in [9.17, 15) is 0 Å². The summed E-state index contributed by atoms with van der Waals surface area (Å²) in [5.41, 5.74) is 8.97. The number of pyridine rings is 1. The molecule has 1 aliphatic heterocycles. The molecule has 0 spiro atoms. The van der Waals surface area contributed by atoms with Crippen molar-refractivity contribution in [1.29, 1.82) is 0 Å². The van der Waals surface area contributed by atoms with E-state index in [0.717, 1.165) is 29.1 Å². The van der Waals surface area contributed by atoms with Gasteiger partial charge in [-0.1, -0.05) is 12.1 Å². The van der Waals surface area contributed by atoms with Crippen molar-refractivity contribution in [2.75, 3.05) is 12.3 Å². The third-order valence-corrected chi connectivity index (χ3v) is 3.17. The van der Waals surface area contributed by atoms with Crippen LogP contribution >= 0.6 is 0 Å². The van der Waals surface area contributed by atoms with Crippen LogP contribution in [0.25, 0.3) is 0 Å². The van der Waals surface area contributed by atoms with E-state index in [1.165, 1.54) is 0 Å². The topological polar surface area (TPSA) is 48.1 Å². The number of aromatic nitrogens is 1. The first-order chi connectivity index (χ1) is 8.34. The first kappa shape index (κ1) is 10.1. The zero-order valence-corrected chi connectivity index (χ0v) is 9.47. The van der Waals surface area contributed by atoms with Gasteiger partial charge in [-0.3, -0.25) is 4.98 Å². The van der Waals surface area contributed by atoms with Crippen LogP contribution in [0.15, 0.2) is 42.6 Å². The molecule has 17 heavy (non-hydrogen) atoms. The van der Waals surface area contributed by atoms with Crippen molar-refractivity contribution in [3.63, 3.8) is 0 Å². The third-order valence-electron chi connectivity index (χ3n) is 3.17. The lowest BCUT2D eigenvalue weighted by atomic mass is 9.92. The summed E-state index contributed by atoms with van der Waals surface area (Å²) in [4.78, 5) is 4.38. The normalized spacial score (nSPS) is 18.2. The SMILES string of the molecule is Nc1cccc2c1CC(c1ccccn1)CO2. The van der Waals surface area contributed by atoms with E-state index in [0.29, 0.717) is 12.5 Å². The first-order valence-electron chi connectivity index (χ1n) is 5.75. The predicted molar refractivity (Wildman–Crippen MR) is 67.0 cm³/mol. The van der Waals surface area contributed by atoms with Crippen molar-refractivity contribution in [3.05, 3.63) is 53.9 Å². The summed E-state index contributed by atoms with van der Waals surface area (Å²) in [6.45, 7) is 0.674. The summed E-state index contributed by atoms with van der Waals surface area (Å²) in [6.07, 6.45) is 2.72. The molecule has 0 fully saturated rings. The molecule has 1 atom stereocenters. The maximum atomic E-state index is 5.98. The summed E-state index contributed by atoms with van der Waals surface area (Å²) in [6, 6.07) is 11.8. The van der Waals surface area contributed by atoms with E-state index >= 15 is 0 Å². The van der Waals surface area contributed by atoms with E-state index in [4.69, 9.17) is 10.5 Å². The van der Waals surface area contributed by atoms with Gasteiger partial charge in [-0.2, -0.15) is 0 Å². The molecule has 86 valence electrons. The van der Waals surface area contributed by atoms with Crippen molar-refractivity contribution in [3.8, 4) is 5.75 Å². The molecule has 3 rings (SSSR count). The number of ether oxygens (including phenoxy) is 1. The minimum Gasteiger partial charge on any atom is -0.493 e. The third kappa shape index (κ3) is 1.84. The monoisotopic (exact) mass is 226 g/mol. The molecule has 2 heterocycles. The van der Waals surface area contributed by atoms with Crippen LogP contribution in [-0.4, -0.2) is 11.6 Å². The Morgan fingerprint density at radius 2 is 2.12 bits per heavy atom. The second-order valence-corrected chi connectivity index (χ2v) is 4.29. The van der Waals surface area contributed by atoms with E-state index < -0.39 is 0 Å². The van der Waals surface area contributed by atoms with Gasteiger partial charge >= 0.3 is 0 Å². The van der Waals surface area contributed by atoms with Crippen LogP contribution in [0.2, 0.25) is 0 Å². The Morgan fingerprint density at radius 3 is 2.94 bits per heavy atom. The Kier molecular flexibility index (Phi) is 2.44. The van der Waals surface area contributed by atoms with Crippen molar-refractivity contribution in [2.45, 2.75) is 12.3 Å². The number of fused-ring (bicyclic) bond motifs is 1. The standard InChI is InChI=1S/C14H14N2O/c15-12-4-3-6-14-11(12)8-10(9-17-14)13-5-1-2-7-16-13/h1-7,10H,8-9,15H2. The largest absolute Gasteiger partial charge is 0.493 e. The van der Waals surface area contributed by atoms with Crippen molar-refractivity contribution < 1.29 is 4.74 Å². The van der Waals surface area contributed by atoms with Gasteiger partial charge in [0.2, 0.25) is 0 Å². The first-order valence-corrected chi connectivity index (χ1v) is 5.75. The summed E-state index contributed by atoms with van der Waals surface area (Å²) in [7, 11) is 0. The molecule has 0 aliphatic carbocycles. The summed E-state index contributed by atoms with van der Waals surface area (Å²) in [5, 5.41) is 0. The highest BCUT2D eigenvalue weighted by Gasteiger charge is 2.23. The predicted octanol–water partition coefficient (Wildman–Crippen LogP) is 2.38. The average Bonchev–Trinajstić information content (AvgIpc) is 2.40. The summed E-state index contributed by atoms with van der Waals surface area (Å²) in [5.74, 6) is 1.21. The Morgan fingerprint density at radius 1 is 1.18 bits per heavy atom. The van der Waals surface area contributed by atoms with Crippen LogP contribution < -0.4 is 10.5 Å². The molecular formula is C14H14N2O. The molecule has 1 unspecified atom stereocenters. The van der Waals surface area contributed by atoms with E-state index in [2.05, 4.69) is 4.98 Å². The Hall–Kier alpha value is -2.03. The quantitative estimate of drug-likeness (QED) is 0.759. The molecule has 0 saturated carbocycles. The lowest BCUT2D eigenvalue weighted by Crippen LogP contribution is -2.20. The van der Waals surface area contributed by atoms with Gasteiger partial charge in [0.05, 0.1) is 6.61 Å². The molecule has 1 aromatic heterocycles. The number of nitrogen functional groups attached to an aromatic ring is 1. The van der Waals surface area contributed by atoms with Gasteiger partial charge in [-0.25, -0.2) is 0 Å². The molecule has 0 radical (unpaired) electrons. The zero-order valence-electron chi connectivity index (χ0n) is 9.47. The van der Waals surface area contributed by atoms with Crippen LogP contribution in [-0.2, 0) is 6.42 Å². The number of nitrogens with two attached hydrogens (primary N) is 1. The molecule has 0 amide bonds. The fourth-order valence-corrected chi connectivity index (χ4v) is 2.24. The average molecular weight is 226 g/mol. The lowest BCUT2D eigenvalue weighted by Gasteiger charge is -2.25. The number of rotatable bonds is 1. The molecule has 2 aromatic rings. The molecule has 1 aliphatic rings. The van der Waals surface area contributed by atoms with Crippen LogP contribution in [0.3, 0.4) is 0 Å². The molecule has 0 bridgehead atoms. The van der Waals surface area contributed by atoms with Gasteiger partial charge in [-0.05, 0) is 30.7 Å². The molecule has 1 aromatic carbocycles. The van der Waals surface area contributed by atoms with Crippen LogP contribution in [0.4, 0.5) is 5.69 Å². The number of benzene rings is 1. The van der Waals surface area contributed by atoms with Crippen molar-refractivity contribution in [1.82, 2.24) is 4.98 Å². The molecule has 3 nitrogen and oxygen atoms in total. The highest BCUT2D eigenvalue weighted by Crippen LogP contribution is 2.34. The highest BCUT2D eigenvalue weighted by molar-refractivity contribution is 5.55. The van der Waals surface area contributed by atoms with Crippen molar-refractivity contribution in [2.24, 2.45) is 0 Å². The lowest BCUT2D eigenvalue weighted by molar-refractivity contribution is 0.261. The van der Waals surface area contributed by atoms with Crippen LogP contribution in [0, 0.1) is 0 Å². The molecular weight excluding hydrogens is 212 g/mol. The van der Waals surface area contributed by atoms with Crippen molar-refractivity contribution >= 4 is 5.69 Å². The minimum atomic E-state index is 0.299. The van der Waals surface area contributed by atoms with Crippen LogP contribution in [0.5, 0.6) is 5.75 Å². The second-order valence-electron chi connectivity index (χ2n) is 4.29. The van der Waals surface area contributed by atoms with Gasteiger partial charge in [0, 0.05) is 29.1 Å². The fourth-order valence-electron chi connectivity index (χ4n) is 2.24. The van der Waals surface area contributed by atoms with E-state index in [1.807, 2.05) is 42.6 Å². The fraction of sp³-hybridized carbons (Fsp3) is 0.214. The highest BCUT2D eigenvalue weighted by atomic mass is 16.5. The number of anilines is 1. The Labute approximate surface area is 100 Å². The Balaban J connectivity index is 1.93. The maximum absolute atomic E-state index is 5.98. The van der Waals surface area contributed by atoms with Gasteiger partial charge in [0.15, 0.2) is 0 Å². The van der Waals surface area contributed by atoms with Gasteiger partial charge in [0.25, 0.3) is 0 Å². The Bertz CT molecular complexity index is 525. The summed E-state index contributed by atoms with van der Waals surface area (Å²) < 4.78 is 5.75. The number of nitrogens with zero attached hydrogens (tertiary/aromatic N) is 1. The minimum absolute atomic E-state index is 0.299. The van der Waals surface area contributed by atoms with Gasteiger partial charge in [-0.15, -0.1) is 0 Å². The smallest absolute Gasteiger partial charge is 0.124 e. The zero-order chi connectivity index (χ0) is 11.7. The molecule has 0 saturated heterocycles. The van der Waals surface area contributed by atoms with Gasteiger partial charge in [0.1, 0.15) is 5.75 Å². The molecule has 2 N–H and O–H groups in total. The van der Waals surface area contributed by atoms with Crippen LogP contribution in [0.1, 0.15) is 17.2 Å². The second kappa shape index (κ2) is 4.09. The summed E-state index contributed by atoms with van der Waals surface area (Å²) >= 11 is 0. The van der Waals surface area contributed by atoms with E-state index in [-0.39, 0.29) is 0 Å². The number of hydrogen-bond acceptors (Lipinski definition) is 3. The number of hydrogen-bond donors (Lipinski definition) is 1. The molecule has 3 heteroatoms. The maximum Gasteiger partial charge on any atom is 0.124 e. The van der Waals surface area contributed by atoms with Gasteiger partial charge < -0.3 is 10.5 Å². The van der Waals surface area contributed by atoms with E-state index in [1.54, 1.807) is 0 Å².